The van der Waals surface area contributed by atoms with E-state index in [2.05, 4.69) is 10.3 Å². The zero-order valence-corrected chi connectivity index (χ0v) is 65.4. The fraction of sp³-hybridized carbons (Fsp3) is 0.426. The Bertz CT molecular complexity index is 4080. The van der Waals surface area contributed by atoms with Gasteiger partial charge in [0.2, 0.25) is 20.0 Å². The van der Waals surface area contributed by atoms with Crippen LogP contribution in [0.25, 0.3) is 32.7 Å². The van der Waals surface area contributed by atoms with E-state index < -0.39 is 88.2 Å². The monoisotopic (exact) mass is 1460 g/mol. The van der Waals surface area contributed by atoms with Crippen LogP contribution in [0.1, 0.15) is 177 Å². The molecule has 0 aliphatic rings. The highest BCUT2D eigenvalue weighted by Crippen LogP contribution is 2.37. The lowest BCUT2D eigenvalue weighted by Gasteiger charge is -2.14. The molecule has 22 nitrogen and oxygen atoms in total. The highest BCUT2D eigenvalue weighted by Gasteiger charge is 2.39. The minimum atomic E-state index is -4.46. The van der Waals surface area contributed by atoms with Gasteiger partial charge in [0.25, 0.3) is 35.0 Å². The van der Waals surface area contributed by atoms with Crippen LogP contribution in [0.2, 0.25) is 0 Å². The number of carbonyl (C=O) groups excluding carboxylic acids is 3. The van der Waals surface area contributed by atoms with E-state index in [4.69, 9.17) is 25.9 Å². The van der Waals surface area contributed by atoms with Crippen LogP contribution in [0.15, 0.2) is 158 Å². The van der Waals surface area contributed by atoms with E-state index in [9.17, 15) is 56.5 Å². The van der Waals surface area contributed by atoms with Crippen LogP contribution in [-0.2, 0) is 58.6 Å². The maximum atomic E-state index is 13.4. The van der Waals surface area contributed by atoms with Gasteiger partial charge in [0.05, 0.1) is 34.0 Å². The number of nitrogens with two attached hydrogens (primary N) is 1. The van der Waals surface area contributed by atoms with Crippen LogP contribution in [-0.4, -0.2) is 137 Å². The number of nitrogens with one attached hydrogen (secondary N) is 2. The lowest BCUT2D eigenvalue weighted by atomic mass is 10.2. The molecule has 3 aromatic heterocycles. The standard InChI is InChI=1S/C19H20N2O6S2.C17H14ClNO6S2.C11H13N3O3S.C2H7N.9C2H6.CH4/c1-4-27-19(22)17-18(29(25,26)20(2)3)15-12-8-9-13-16(15)21(17)28(23,24)14-10-6-5-7-11-14;1-2-25-17(20)15-16(26(18,21)22)13-10-6-7-11-14(13)19(15)27(23,24)12-8-4-3-5-9-12;1-14(2)18(16,17)10-7-5-3-4-6-8(7)13-9(10)11(12)15;1-3-2;9*1-2;/h5-13H,4H2,1-3H3;3-11H,2H2,1H3;3-6,13H,1-2H3,(H2,12,15);3H,1-2H3;9*1-2H3;1H4. The van der Waals surface area contributed by atoms with Crippen molar-refractivity contribution in [3.63, 3.8) is 0 Å². The van der Waals surface area contributed by atoms with Gasteiger partial charge in [0.15, 0.2) is 11.4 Å². The molecule has 1 amide bonds. The third-order valence-corrected chi connectivity index (χ3v) is 19.3. The van der Waals surface area contributed by atoms with Gasteiger partial charge in [-0.3, -0.25) is 4.79 Å². The normalized spacial score (nSPS) is 10.2. The minimum Gasteiger partial charge on any atom is -0.461 e. The molecule has 0 saturated heterocycles. The summed E-state index contributed by atoms with van der Waals surface area (Å²) in [5, 5.41) is 3.33. The SMILES string of the molecule is C.CC.CC.CC.CC.CC.CC.CC.CC.CC.CCOC(=O)c1c(S(=O)(=O)Cl)c2ccccc2n1S(=O)(=O)c1ccccc1.CCOC(=O)c1c(S(=O)(=O)N(C)C)c2ccccc2n1S(=O)(=O)c1ccccc1.CN(C)S(=O)(=O)c1c(C(N)=O)[nH]c2ccccc12.CNC. The molecular formula is C68H112ClN7O15S5. The predicted octanol–water partition coefficient (Wildman–Crippen LogP) is 15.5. The fourth-order valence-electron chi connectivity index (χ4n) is 7.44. The van der Waals surface area contributed by atoms with E-state index in [-0.39, 0.29) is 62.8 Å². The minimum absolute atomic E-state index is 0. The van der Waals surface area contributed by atoms with Crippen molar-refractivity contribution >= 4 is 110 Å². The second-order valence-corrected chi connectivity index (χ2v) is 26.5. The van der Waals surface area contributed by atoms with Crippen LogP contribution in [0.3, 0.4) is 0 Å². The summed E-state index contributed by atoms with van der Waals surface area (Å²) in [6.45, 7) is 38.9. The van der Waals surface area contributed by atoms with Crippen LogP contribution < -0.4 is 11.1 Å². The summed E-state index contributed by atoms with van der Waals surface area (Å²) in [7, 11) is -6.24. The third kappa shape index (κ3) is 25.8. The van der Waals surface area contributed by atoms with Crippen molar-refractivity contribution in [3.05, 3.63) is 151 Å². The summed E-state index contributed by atoms with van der Waals surface area (Å²) in [6.07, 6.45) is 0. The molecule has 0 radical (unpaired) electrons. The molecule has 4 N–H and O–H groups in total. The van der Waals surface area contributed by atoms with Crippen LogP contribution in [0.4, 0.5) is 0 Å². The molecule has 0 atom stereocenters. The number of benzene rings is 5. The predicted molar refractivity (Wildman–Crippen MR) is 399 cm³/mol. The molecule has 96 heavy (non-hydrogen) atoms. The van der Waals surface area contributed by atoms with Crippen LogP contribution in [0.5, 0.6) is 0 Å². The summed E-state index contributed by atoms with van der Waals surface area (Å²) in [5.74, 6) is -2.94. The van der Waals surface area contributed by atoms with Crippen LogP contribution >= 0.6 is 10.7 Å². The Morgan fingerprint density at radius 3 is 1.02 bits per heavy atom. The largest absolute Gasteiger partial charge is 0.461 e. The Morgan fingerprint density at radius 1 is 0.448 bits per heavy atom. The van der Waals surface area contributed by atoms with Crippen LogP contribution in [0, 0.1) is 0 Å². The van der Waals surface area contributed by atoms with Gasteiger partial charge in [-0.15, -0.1) is 0 Å². The van der Waals surface area contributed by atoms with Gasteiger partial charge in [-0.2, -0.15) is 0 Å². The molecule has 8 aromatic rings. The second kappa shape index (κ2) is 51.3. The van der Waals surface area contributed by atoms with Crippen molar-refractivity contribution in [3.8, 4) is 0 Å². The highest BCUT2D eigenvalue weighted by molar-refractivity contribution is 8.14. The first kappa shape index (κ1) is 100. The number of H-pyrrole nitrogens is 1. The van der Waals surface area contributed by atoms with E-state index in [0.29, 0.717) is 14.9 Å². The molecule has 0 unspecified atom stereocenters. The maximum absolute atomic E-state index is 13.4. The number of fused-ring (bicyclic) bond motifs is 3. The number of para-hydroxylation sites is 3. The first-order valence-electron chi connectivity index (χ1n) is 31.6. The van der Waals surface area contributed by atoms with Gasteiger partial charge in [-0.05, 0) is 70.4 Å². The smallest absolute Gasteiger partial charge is 0.357 e. The summed E-state index contributed by atoms with van der Waals surface area (Å²) >= 11 is 0. The third-order valence-electron chi connectivity index (χ3n) is 10.7. The lowest BCUT2D eigenvalue weighted by molar-refractivity contribution is 0.0505. The van der Waals surface area contributed by atoms with E-state index in [1.54, 1.807) is 67.6 Å². The summed E-state index contributed by atoms with van der Waals surface area (Å²) in [4.78, 5) is 38.2. The Kier molecular flexibility index (Phi) is 53.5. The number of aromatic amines is 1. The highest BCUT2D eigenvalue weighted by atomic mass is 35.7. The summed E-state index contributed by atoms with van der Waals surface area (Å²) in [5.41, 5.74) is 4.56. The molecule has 5 aromatic carbocycles. The quantitative estimate of drug-likeness (QED) is 0.0673. The van der Waals surface area contributed by atoms with Gasteiger partial charge < -0.3 is 25.5 Å². The fourth-order valence-corrected chi connectivity index (χ4v) is 14.4. The number of hydrogen-bond acceptors (Lipinski definition) is 16. The number of rotatable bonds is 14. The average molecular weight is 1460 g/mol. The molecule has 3 heterocycles. The number of primary amides is 1. The first-order valence-corrected chi connectivity index (χ1v) is 39.7. The van der Waals surface area contributed by atoms with E-state index in [1.807, 2.05) is 139 Å². The zero-order valence-electron chi connectivity index (χ0n) is 60.5. The molecule has 28 heteroatoms. The number of sulfonamides is 2. The Labute approximate surface area is 581 Å². The number of aromatic nitrogens is 3. The van der Waals surface area contributed by atoms with Gasteiger partial charge in [-0.25, -0.2) is 68.2 Å². The molecule has 8 rings (SSSR count). The molecule has 0 saturated carbocycles. The number of halogens is 1. The lowest BCUT2D eigenvalue weighted by Crippen LogP contribution is -2.26. The van der Waals surface area contributed by atoms with Crippen molar-refractivity contribution < 1.29 is 65.9 Å². The summed E-state index contributed by atoms with van der Waals surface area (Å²) in [6, 6.07) is 33.5. The zero-order chi connectivity index (χ0) is 75.4. The van der Waals surface area contributed by atoms with Crippen molar-refractivity contribution in [2.45, 2.75) is 170 Å². The number of amides is 1. The Morgan fingerprint density at radius 2 is 0.719 bits per heavy atom. The molecule has 0 spiro atoms. The van der Waals surface area contributed by atoms with Crippen molar-refractivity contribution in [1.82, 2.24) is 26.9 Å². The molecule has 0 aliphatic carbocycles. The summed E-state index contributed by atoms with van der Waals surface area (Å²) < 4.78 is 142. The number of hydrogen-bond donors (Lipinski definition) is 3. The Balaban J connectivity index is -0.000000280. The van der Waals surface area contributed by atoms with Crippen molar-refractivity contribution in [1.29, 1.82) is 0 Å². The molecule has 0 fully saturated rings. The molecule has 546 valence electrons. The van der Waals surface area contributed by atoms with E-state index >= 15 is 0 Å². The van der Waals surface area contributed by atoms with Gasteiger partial charge >= 0.3 is 11.9 Å². The molecular weight excluding hydrogens is 1350 g/mol. The maximum Gasteiger partial charge on any atom is 0.357 e. The van der Waals surface area contributed by atoms with Gasteiger partial charge in [0.1, 0.15) is 20.4 Å². The van der Waals surface area contributed by atoms with Crippen molar-refractivity contribution in [2.75, 3.05) is 55.5 Å². The average Bonchev–Trinajstić information content (AvgIpc) is 1.58. The Hall–Kier alpha value is -6.95. The number of nitrogens with zero attached hydrogens (tertiary/aromatic N) is 4. The topological polar surface area (TPSA) is 311 Å². The molecule has 0 aliphatic heterocycles. The van der Waals surface area contributed by atoms with Gasteiger partial charge in [0, 0.05) is 60.5 Å². The van der Waals surface area contributed by atoms with Crippen molar-refractivity contribution in [2.24, 2.45) is 5.73 Å². The van der Waals surface area contributed by atoms with Gasteiger partial charge in [-0.1, -0.05) is 223 Å². The number of carbonyl (C=O) groups is 3. The first-order chi connectivity index (χ1) is 45.1. The van der Waals surface area contributed by atoms with E-state index in [1.165, 1.54) is 108 Å². The molecule has 0 bridgehead atoms. The number of ether oxygens (including phenoxy) is 2. The number of esters is 2. The second-order valence-electron chi connectivity index (χ2n) is 16.2. The van der Waals surface area contributed by atoms with E-state index in [0.717, 1.165) is 12.6 Å².